The van der Waals surface area contributed by atoms with Crippen molar-refractivity contribution in [2.75, 3.05) is 5.32 Å². The Balaban J connectivity index is 3.26. The first-order valence-corrected chi connectivity index (χ1v) is 4.65. The van der Waals surface area contributed by atoms with Crippen LogP contribution in [0.15, 0.2) is 18.2 Å². The second kappa shape index (κ2) is 3.90. The van der Waals surface area contributed by atoms with Crippen LogP contribution in [0, 0.1) is 0 Å². The number of para-hydroxylation sites is 1. The second-order valence-electron chi connectivity index (χ2n) is 3.94. The number of nitrogens with one attached hydrogen (secondary N) is 1. The molecule has 1 aromatic carbocycles. The van der Waals surface area contributed by atoms with E-state index < -0.39 is 5.60 Å². The third kappa shape index (κ3) is 2.70. The minimum Gasteiger partial charge on any atom is -0.506 e. The molecule has 0 spiro atoms. The van der Waals surface area contributed by atoms with Gasteiger partial charge in [0, 0.05) is 12.5 Å². The molecule has 0 radical (unpaired) electrons. The van der Waals surface area contributed by atoms with Crippen LogP contribution in [0.5, 0.6) is 5.75 Å². The Labute approximate surface area is 88.6 Å². The van der Waals surface area contributed by atoms with Gasteiger partial charge in [-0.15, -0.1) is 0 Å². The number of benzene rings is 1. The molecule has 0 saturated heterocycles. The van der Waals surface area contributed by atoms with E-state index in [-0.39, 0.29) is 17.3 Å². The maximum Gasteiger partial charge on any atom is 0.221 e. The zero-order valence-corrected chi connectivity index (χ0v) is 9.03. The molecule has 1 aromatic rings. The average molecular weight is 209 g/mol. The van der Waals surface area contributed by atoms with Crippen LogP contribution in [-0.2, 0) is 10.4 Å². The molecule has 0 atom stereocenters. The molecular formula is C11H15NO3. The summed E-state index contributed by atoms with van der Waals surface area (Å²) in [7, 11) is 0. The lowest BCUT2D eigenvalue weighted by Gasteiger charge is -2.22. The zero-order valence-electron chi connectivity index (χ0n) is 9.03. The van der Waals surface area contributed by atoms with Gasteiger partial charge in [0.15, 0.2) is 0 Å². The lowest BCUT2D eigenvalue weighted by Crippen LogP contribution is -2.19. The number of rotatable bonds is 2. The minimum atomic E-state index is -1.11. The summed E-state index contributed by atoms with van der Waals surface area (Å²) < 4.78 is 0. The highest BCUT2D eigenvalue weighted by molar-refractivity contribution is 5.91. The molecule has 0 bridgehead atoms. The van der Waals surface area contributed by atoms with Crippen LogP contribution in [0.25, 0.3) is 0 Å². The van der Waals surface area contributed by atoms with Crippen molar-refractivity contribution in [2.45, 2.75) is 26.4 Å². The van der Waals surface area contributed by atoms with Crippen LogP contribution in [0.3, 0.4) is 0 Å². The number of aliphatic hydroxyl groups is 1. The van der Waals surface area contributed by atoms with Gasteiger partial charge in [0.2, 0.25) is 5.91 Å². The van der Waals surface area contributed by atoms with Gasteiger partial charge in [0.1, 0.15) is 5.75 Å². The first kappa shape index (κ1) is 11.5. The number of carbonyl (C=O) groups is 1. The first-order chi connectivity index (χ1) is 6.82. The Morgan fingerprint density at radius 2 is 2.00 bits per heavy atom. The standard InChI is InChI=1S/C11H15NO3/c1-7(13)12-10-8(11(2,3)15)5-4-6-9(10)14/h4-6,14-15H,1-3H3,(H,12,13). The van der Waals surface area contributed by atoms with Gasteiger partial charge >= 0.3 is 0 Å². The molecular weight excluding hydrogens is 194 g/mol. The first-order valence-electron chi connectivity index (χ1n) is 4.65. The largest absolute Gasteiger partial charge is 0.506 e. The van der Waals surface area contributed by atoms with E-state index in [2.05, 4.69) is 5.32 Å². The van der Waals surface area contributed by atoms with Gasteiger partial charge in [0.25, 0.3) is 0 Å². The quantitative estimate of drug-likeness (QED) is 0.648. The lowest BCUT2D eigenvalue weighted by molar-refractivity contribution is -0.114. The summed E-state index contributed by atoms with van der Waals surface area (Å²) in [6.45, 7) is 4.53. The van der Waals surface area contributed by atoms with E-state index in [0.717, 1.165) is 0 Å². The summed E-state index contributed by atoms with van der Waals surface area (Å²) in [4.78, 5) is 10.9. The SMILES string of the molecule is CC(=O)Nc1c(O)cccc1C(C)(C)O. The second-order valence-corrected chi connectivity index (χ2v) is 3.94. The third-order valence-electron chi connectivity index (χ3n) is 2.00. The fourth-order valence-corrected chi connectivity index (χ4v) is 1.36. The fourth-order valence-electron chi connectivity index (χ4n) is 1.36. The molecule has 0 fully saturated rings. The molecule has 0 aromatic heterocycles. The maximum atomic E-state index is 10.9. The van der Waals surface area contributed by atoms with Crippen LogP contribution in [0.1, 0.15) is 26.3 Å². The Morgan fingerprint density at radius 3 is 2.47 bits per heavy atom. The Hall–Kier alpha value is -1.55. The molecule has 15 heavy (non-hydrogen) atoms. The van der Waals surface area contributed by atoms with Crippen molar-refractivity contribution in [3.63, 3.8) is 0 Å². The Bertz CT molecular complexity index is 380. The molecule has 0 aliphatic rings. The van der Waals surface area contributed by atoms with Gasteiger partial charge in [-0.2, -0.15) is 0 Å². The highest BCUT2D eigenvalue weighted by atomic mass is 16.3. The molecule has 82 valence electrons. The summed E-state index contributed by atoms with van der Waals surface area (Å²) >= 11 is 0. The number of hydrogen-bond acceptors (Lipinski definition) is 3. The number of anilines is 1. The maximum absolute atomic E-state index is 10.9. The van der Waals surface area contributed by atoms with E-state index in [1.807, 2.05) is 0 Å². The fraction of sp³-hybridized carbons (Fsp3) is 0.364. The number of hydrogen-bond donors (Lipinski definition) is 3. The van der Waals surface area contributed by atoms with Gasteiger partial charge in [-0.3, -0.25) is 4.79 Å². The summed E-state index contributed by atoms with van der Waals surface area (Å²) in [5.41, 5.74) is -0.369. The zero-order chi connectivity index (χ0) is 11.6. The molecule has 1 amide bonds. The van der Waals surface area contributed by atoms with E-state index in [4.69, 9.17) is 0 Å². The van der Waals surface area contributed by atoms with E-state index in [1.54, 1.807) is 26.0 Å². The van der Waals surface area contributed by atoms with E-state index in [9.17, 15) is 15.0 Å². The van der Waals surface area contributed by atoms with Crippen molar-refractivity contribution in [1.82, 2.24) is 0 Å². The molecule has 0 aliphatic carbocycles. The molecule has 3 N–H and O–H groups in total. The van der Waals surface area contributed by atoms with Crippen LogP contribution < -0.4 is 5.32 Å². The smallest absolute Gasteiger partial charge is 0.221 e. The van der Waals surface area contributed by atoms with Gasteiger partial charge in [-0.05, 0) is 19.9 Å². The van der Waals surface area contributed by atoms with Gasteiger partial charge in [0.05, 0.1) is 11.3 Å². The van der Waals surface area contributed by atoms with Crippen LogP contribution in [-0.4, -0.2) is 16.1 Å². The normalized spacial score (nSPS) is 11.2. The van der Waals surface area contributed by atoms with Crippen molar-refractivity contribution < 1.29 is 15.0 Å². The van der Waals surface area contributed by atoms with Crippen molar-refractivity contribution in [3.8, 4) is 5.75 Å². The summed E-state index contributed by atoms with van der Waals surface area (Å²) in [5.74, 6) is -0.341. The van der Waals surface area contributed by atoms with Crippen molar-refractivity contribution in [3.05, 3.63) is 23.8 Å². The lowest BCUT2D eigenvalue weighted by atomic mass is 9.96. The van der Waals surface area contributed by atoms with Gasteiger partial charge in [-0.1, -0.05) is 12.1 Å². The van der Waals surface area contributed by atoms with Gasteiger partial charge in [-0.25, -0.2) is 0 Å². The molecule has 0 saturated carbocycles. The number of carbonyl (C=O) groups excluding carboxylic acids is 1. The minimum absolute atomic E-state index is 0.0511. The average Bonchev–Trinajstić information content (AvgIpc) is 2.05. The predicted molar refractivity (Wildman–Crippen MR) is 57.7 cm³/mol. The molecule has 0 aliphatic heterocycles. The molecule has 0 heterocycles. The van der Waals surface area contributed by atoms with Crippen LogP contribution in [0.4, 0.5) is 5.69 Å². The number of aromatic hydroxyl groups is 1. The number of phenols is 1. The topological polar surface area (TPSA) is 69.6 Å². The van der Waals surface area contributed by atoms with Crippen LogP contribution in [0.2, 0.25) is 0 Å². The monoisotopic (exact) mass is 209 g/mol. The highest BCUT2D eigenvalue weighted by Gasteiger charge is 2.22. The molecule has 1 rings (SSSR count). The van der Waals surface area contributed by atoms with Crippen molar-refractivity contribution in [1.29, 1.82) is 0 Å². The van der Waals surface area contributed by atoms with E-state index >= 15 is 0 Å². The van der Waals surface area contributed by atoms with Crippen molar-refractivity contribution in [2.24, 2.45) is 0 Å². The molecule has 4 heteroatoms. The predicted octanol–water partition coefficient (Wildman–Crippen LogP) is 1.58. The Kier molecular flexibility index (Phi) is 3.00. The van der Waals surface area contributed by atoms with E-state index in [0.29, 0.717) is 5.56 Å². The highest BCUT2D eigenvalue weighted by Crippen LogP contribution is 2.34. The number of amides is 1. The Morgan fingerprint density at radius 1 is 1.40 bits per heavy atom. The molecule has 4 nitrogen and oxygen atoms in total. The van der Waals surface area contributed by atoms with E-state index in [1.165, 1.54) is 13.0 Å². The summed E-state index contributed by atoms with van der Waals surface area (Å²) in [6.07, 6.45) is 0. The molecule has 0 unspecified atom stereocenters. The summed E-state index contributed by atoms with van der Waals surface area (Å²) in [6, 6.07) is 4.74. The number of phenolic OH excluding ortho intramolecular Hbond substituents is 1. The van der Waals surface area contributed by atoms with Crippen LogP contribution >= 0.6 is 0 Å². The van der Waals surface area contributed by atoms with Crippen molar-refractivity contribution >= 4 is 11.6 Å². The van der Waals surface area contributed by atoms with Gasteiger partial charge < -0.3 is 15.5 Å². The summed E-state index contributed by atoms with van der Waals surface area (Å²) in [5, 5.41) is 21.9. The third-order valence-corrected chi connectivity index (χ3v) is 2.00.